The molecule has 0 aromatic heterocycles. The third-order valence-electron chi connectivity index (χ3n) is 6.47. The van der Waals surface area contributed by atoms with E-state index < -0.39 is 0 Å². The summed E-state index contributed by atoms with van der Waals surface area (Å²) in [4.78, 5) is 2.21. The summed E-state index contributed by atoms with van der Waals surface area (Å²) in [6.45, 7) is 1.58. The minimum Gasteiger partial charge on any atom is -0.378 e. The number of ether oxygens (including phenoxy) is 1. The minimum atomic E-state index is -0.309. The predicted molar refractivity (Wildman–Crippen MR) is 99.2 cm³/mol. The molecular weight excluding hydrogens is 312 g/mol. The number of benzene rings is 1. The number of hydrogen-bond acceptors (Lipinski definition) is 4. The molecule has 1 aliphatic heterocycles. The van der Waals surface area contributed by atoms with Crippen molar-refractivity contribution in [1.29, 1.82) is 0 Å². The van der Waals surface area contributed by atoms with E-state index in [0.717, 1.165) is 38.6 Å². The van der Waals surface area contributed by atoms with Crippen LogP contribution in [0.4, 0.5) is 0 Å². The molecule has 4 nitrogen and oxygen atoms in total. The molecule has 4 heteroatoms. The number of aliphatic hydroxyl groups is 1. The average molecular weight is 344 g/mol. The second kappa shape index (κ2) is 7.75. The van der Waals surface area contributed by atoms with Gasteiger partial charge in [0, 0.05) is 12.6 Å². The number of hydrogen-bond donors (Lipinski definition) is 2. The highest BCUT2D eigenvalue weighted by atomic mass is 16.5. The Morgan fingerprint density at radius 1 is 1.04 bits per heavy atom. The Morgan fingerprint density at radius 2 is 1.76 bits per heavy atom. The molecule has 3 atom stereocenters. The quantitative estimate of drug-likeness (QED) is 0.833. The van der Waals surface area contributed by atoms with Gasteiger partial charge in [-0.3, -0.25) is 4.90 Å². The Hall–Kier alpha value is -0.940. The van der Waals surface area contributed by atoms with E-state index in [9.17, 15) is 5.11 Å². The third kappa shape index (κ3) is 4.08. The molecule has 3 unspecified atom stereocenters. The van der Waals surface area contributed by atoms with E-state index in [4.69, 9.17) is 10.5 Å². The molecule has 1 heterocycles. The molecule has 1 aromatic carbocycles. The van der Waals surface area contributed by atoms with Gasteiger partial charge in [0.25, 0.3) is 0 Å². The van der Waals surface area contributed by atoms with Gasteiger partial charge >= 0.3 is 0 Å². The Balaban J connectivity index is 1.26. The standard InChI is InChI=1S/C21H32N2O2/c22-19-12-13-23(21(24)17-6-7-17)20(19)14-25-18-10-8-16(9-11-18)15-4-2-1-3-5-15/h1-5,16-21,24H,6-14,22H2. The maximum Gasteiger partial charge on any atom is 0.110 e. The number of nitrogens with two attached hydrogens (primary N) is 1. The van der Waals surface area contributed by atoms with Crippen LogP contribution in [0.25, 0.3) is 0 Å². The first-order valence-corrected chi connectivity index (χ1v) is 10.1. The fourth-order valence-corrected chi connectivity index (χ4v) is 4.64. The van der Waals surface area contributed by atoms with Crippen LogP contribution in [0.15, 0.2) is 30.3 Å². The second-order valence-corrected chi connectivity index (χ2v) is 8.23. The van der Waals surface area contributed by atoms with Crippen molar-refractivity contribution in [2.75, 3.05) is 13.2 Å². The monoisotopic (exact) mass is 344 g/mol. The third-order valence-corrected chi connectivity index (χ3v) is 6.47. The molecule has 4 rings (SSSR count). The summed E-state index contributed by atoms with van der Waals surface area (Å²) in [5.74, 6) is 1.15. The van der Waals surface area contributed by atoms with Crippen LogP contribution in [0.3, 0.4) is 0 Å². The lowest BCUT2D eigenvalue weighted by molar-refractivity contribution is -0.0628. The molecule has 0 radical (unpaired) electrons. The molecule has 0 spiro atoms. The van der Waals surface area contributed by atoms with E-state index in [1.807, 2.05) is 0 Å². The van der Waals surface area contributed by atoms with Gasteiger partial charge in [0.05, 0.1) is 18.8 Å². The van der Waals surface area contributed by atoms with Crippen LogP contribution >= 0.6 is 0 Å². The highest BCUT2D eigenvalue weighted by Crippen LogP contribution is 2.37. The van der Waals surface area contributed by atoms with Crippen LogP contribution in [-0.4, -0.2) is 47.6 Å². The maximum absolute atomic E-state index is 10.5. The van der Waals surface area contributed by atoms with E-state index >= 15 is 0 Å². The van der Waals surface area contributed by atoms with Gasteiger partial charge in [-0.1, -0.05) is 30.3 Å². The van der Waals surface area contributed by atoms with Gasteiger partial charge in [-0.2, -0.15) is 0 Å². The molecular formula is C21H32N2O2. The van der Waals surface area contributed by atoms with Crippen LogP contribution in [-0.2, 0) is 4.74 Å². The first-order chi connectivity index (χ1) is 12.2. The van der Waals surface area contributed by atoms with Crippen molar-refractivity contribution >= 4 is 0 Å². The number of likely N-dealkylation sites (tertiary alicyclic amines) is 1. The van der Waals surface area contributed by atoms with Gasteiger partial charge in [-0.25, -0.2) is 0 Å². The molecule has 0 amide bonds. The molecule has 25 heavy (non-hydrogen) atoms. The number of nitrogens with zero attached hydrogens (tertiary/aromatic N) is 1. The van der Waals surface area contributed by atoms with Crippen LogP contribution in [0.1, 0.15) is 56.4 Å². The Labute approximate surface area is 151 Å². The lowest BCUT2D eigenvalue weighted by atomic mass is 9.83. The zero-order valence-electron chi connectivity index (χ0n) is 15.1. The van der Waals surface area contributed by atoms with Crippen LogP contribution < -0.4 is 5.73 Å². The van der Waals surface area contributed by atoms with Gasteiger partial charge in [-0.05, 0) is 62.3 Å². The molecule has 1 aromatic rings. The van der Waals surface area contributed by atoms with Crippen molar-refractivity contribution in [2.45, 2.75) is 75.3 Å². The van der Waals surface area contributed by atoms with Gasteiger partial charge in [0.15, 0.2) is 0 Å². The average Bonchev–Trinajstić information content (AvgIpc) is 3.44. The molecule has 1 saturated heterocycles. The van der Waals surface area contributed by atoms with Crippen molar-refractivity contribution < 1.29 is 9.84 Å². The SMILES string of the molecule is NC1CCN(C(O)C2CC2)C1COC1CCC(c2ccccc2)CC1. The van der Waals surface area contributed by atoms with Gasteiger partial charge < -0.3 is 15.6 Å². The highest BCUT2D eigenvalue weighted by Gasteiger charge is 2.42. The molecule has 2 aliphatic carbocycles. The molecule has 3 fully saturated rings. The first kappa shape index (κ1) is 17.5. The predicted octanol–water partition coefficient (Wildman–Crippen LogP) is 2.86. The Bertz CT molecular complexity index is 540. The van der Waals surface area contributed by atoms with Gasteiger partial charge in [0.2, 0.25) is 0 Å². The lowest BCUT2D eigenvalue weighted by Gasteiger charge is -2.34. The fourth-order valence-electron chi connectivity index (χ4n) is 4.64. The van der Waals surface area contributed by atoms with Crippen LogP contribution in [0.5, 0.6) is 0 Å². The summed E-state index contributed by atoms with van der Waals surface area (Å²) in [6.07, 6.45) is 8.01. The van der Waals surface area contributed by atoms with E-state index in [0.29, 0.717) is 24.5 Å². The largest absolute Gasteiger partial charge is 0.378 e. The second-order valence-electron chi connectivity index (χ2n) is 8.23. The van der Waals surface area contributed by atoms with Crippen LogP contribution in [0.2, 0.25) is 0 Å². The fraction of sp³-hybridized carbons (Fsp3) is 0.714. The molecule has 2 saturated carbocycles. The molecule has 3 N–H and O–H groups in total. The Morgan fingerprint density at radius 3 is 2.44 bits per heavy atom. The first-order valence-electron chi connectivity index (χ1n) is 10.1. The van der Waals surface area contributed by atoms with Crippen molar-refractivity contribution in [1.82, 2.24) is 4.90 Å². The highest BCUT2D eigenvalue weighted by molar-refractivity contribution is 5.19. The summed E-state index contributed by atoms with van der Waals surface area (Å²) >= 11 is 0. The summed E-state index contributed by atoms with van der Waals surface area (Å²) < 4.78 is 6.27. The zero-order chi connectivity index (χ0) is 17.2. The molecule has 0 bridgehead atoms. The van der Waals surface area contributed by atoms with Gasteiger partial charge in [-0.15, -0.1) is 0 Å². The molecule has 138 valence electrons. The van der Waals surface area contributed by atoms with Crippen molar-refractivity contribution in [3.8, 4) is 0 Å². The van der Waals surface area contributed by atoms with Crippen molar-refractivity contribution in [3.63, 3.8) is 0 Å². The maximum atomic E-state index is 10.5. The van der Waals surface area contributed by atoms with Crippen molar-refractivity contribution in [3.05, 3.63) is 35.9 Å². The van der Waals surface area contributed by atoms with Gasteiger partial charge in [0.1, 0.15) is 6.23 Å². The van der Waals surface area contributed by atoms with Crippen LogP contribution in [0, 0.1) is 5.92 Å². The summed E-state index contributed by atoms with van der Waals surface area (Å²) in [7, 11) is 0. The number of aliphatic hydroxyl groups excluding tert-OH is 1. The Kier molecular flexibility index (Phi) is 5.41. The normalized spacial score (nSPS) is 35.0. The van der Waals surface area contributed by atoms with E-state index in [-0.39, 0.29) is 18.3 Å². The molecule has 3 aliphatic rings. The zero-order valence-corrected chi connectivity index (χ0v) is 15.1. The summed E-state index contributed by atoms with van der Waals surface area (Å²) in [6, 6.07) is 11.2. The number of rotatable bonds is 6. The van der Waals surface area contributed by atoms with E-state index in [1.54, 1.807) is 0 Å². The van der Waals surface area contributed by atoms with E-state index in [2.05, 4.69) is 35.2 Å². The lowest BCUT2D eigenvalue weighted by Crippen LogP contribution is -2.48. The summed E-state index contributed by atoms with van der Waals surface area (Å²) in [5, 5.41) is 10.5. The smallest absolute Gasteiger partial charge is 0.110 e. The van der Waals surface area contributed by atoms with Crippen molar-refractivity contribution in [2.24, 2.45) is 11.7 Å². The van der Waals surface area contributed by atoms with E-state index in [1.165, 1.54) is 18.4 Å². The minimum absolute atomic E-state index is 0.133. The topological polar surface area (TPSA) is 58.7 Å². The summed E-state index contributed by atoms with van der Waals surface area (Å²) in [5.41, 5.74) is 7.78.